The maximum absolute atomic E-state index is 9.49. The first-order valence-electron chi connectivity index (χ1n) is 7.07. The van der Waals surface area contributed by atoms with Crippen molar-refractivity contribution in [2.24, 2.45) is 0 Å². The van der Waals surface area contributed by atoms with Crippen molar-refractivity contribution in [3.63, 3.8) is 0 Å². The third kappa shape index (κ3) is 2.85. The van der Waals surface area contributed by atoms with Crippen LogP contribution in [0, 0.1) is 0 Å². The summed E-state index contributed by atoms with van der Waals surface area (Å²) in [7, 11) is 0. The maximum Gasteiger partial charge on any atom is 0.219 e. The van der Waals surface area contributed by atoms with Crippen LogP contribution in [-0.4, -0.2) is 15.7 Å². The van der Waals surface area contributed by atoms with Gasteiger partial charge in [0.1, 0.15) is 5.60 Å². The highest BCUT2D eigenvalue weighted by Gasteiger charge is 2.32. The zero-order valence-electron chi connectivity index (χ0n) is 12.5. The molecule has 1 N–H and O–H groups in total. The van der Waals surface area contributed by atoms with Crippen LogP contribution in [0.2, 0.25) is 0 Å². The van der Waals surface area contributed by atoms with E-state index < -0.39 is 6.10 Å². The van der Waals surface area contributed by atoms with Crippen LogP contribution >= 0.6 is 0 Å². The molecule has 0 spiro atoms. The van der Waals surface area contributed by atoms with Gasteiger partial charge < -0.3 is 14.6 Å². The van der Waals surface area contributed by atoms with E-state index in [1.165, 1.54) is 0 Å². The van der Waals surface area contributed by atoms with Gasteiger partial charge in [-0.2, -0.15) is 0 Å². The highest BCUT2D eigenvalue weighted by Crippen LogP contribution is 2.43. The van der Waals surface area contributed by atoms with E-state index in [1.54, 1.807) is 25.3 Å². The van der Waals surface area contributed by atoms with Crippen molar-refractivity contribution in [1.29, 1.82) is 0 Å². The lowest BCUT2D eigenvalue weighted by molar-refractivity contribution is 0.135. The molecule has 1 atom stereocenters. The molecule has 2 aromatic rings. The van der Waals surface area contributed by atoms with Crippen LogP contribution < -0.4 is 9.47 Å². The number of hydrogen-bond acceptors (Lipinski definition) is 4. The van der Waals surface area contributed by atoms with Crippen molar-refractivity contribution in [3.8, 4) is 17.4 Å². The van der Waals surface area contributed by atoms with Crippen LogP contribution in [-0.2, 0) is 6.42 Å². The van der Waals surface area contributed by atoms with Gasteiger partial charge in [0.25, 0.3) is 0 Å². The molecule has 4 nitrogen and oxygen atoms in total. The van der Waals surface area contributed by atoms with E-state index in [2.05, 4.69) is 24.9 Å². The summed E-state index contributed by atoms with van der Waals surface area (Å²) in [6, 6.07) is 9.46. The summed E-state index contributed by atoms with van der Waals surface area (Å²) >= 11 is 0. The van der Waals surface area contributed by atoms with E-state index in [-0.39, 0.29) is 5.60 Å². The third-order valence-electron chi connectivity index (χ3n) is 3.51. The number of hydrogen-bond donors (Lipinski definition) is 1. The van der Waals surface area contributed by atoms with Gasteiger partial charge in [0.15, 0.2) is 11.5 Å². The van der Waals surface area contributed by atoms with Crippen LogP contribution in [0.3, 0.4) is 0 Å². The molecule has 0 fully saturated rings. The molecule has 1 aromatic heterocycles. The zero-order chi connectivity index (χ0) is 15.0. The monoisotopic (exact) mass is 285 g/mol. The summed E-state index contributed by atoms with van der Waals surface area (Å²) < 4.78 is 11.8. The maximum atomic E-state index is 9.49. The number of aliphatic hydroxyl groups excluding tert-OH is 1. The first-order chi connectivity index (χ1) is 9.94. The summed E-state index contributed by atoms with van der Waals surface area (Å²) in [5, 5.41) is 9.49. The van der Waals surface area contributed by atoms with E-state index in [0.717, 1.165) is 23.3 Å². The molecule has 0 saturated carbocycles. The van der Waals surface area contributed by atoms with E-state index >= 15 is 0 Å². The fourth-order valence-corrected chi connectivity index (χ4v) is 2.48. The number of benzene rings is 1. The van der Waals surface area contributed by atoms with Crippen LogP contribution in [0.25, 0.3) is 0 Å². The summed E-state index contributed by atoms with van der Waals surface area (Å²) in [4.78, 5) is 4.22. The first kappa shape index (κ1) is 13.9. The Kier molecular flexibility index (Phi) is 3.33. The minimum atomic E-state index is -0.531. The predicted molar refractivity (Wildman–Crippen MR) is 79.8 cm³/mol. The van der Waals surface area contributed by atoms with Gasteiger partial charge in [-0.25, -0.2) is 4.98 Å². The van der Waals surface area contributed by atoms with E-state index in [4.69, 9.17) is 9.47 Å². The molecule has 4 heteroatoms. The molecule has 110 valence electrons. The molecule has 0 saturated heterocycles. The van der Waals surface area contributed by atoms with Crippen LogP contribution in [0.4, 0.5) is 0 Å². The van der Waals surface area contributed by atoms with Gasteiger partial charge in [-0.3, -0.25) is 0 Å². The lowest BCUT2D eigenvalue weighted by Gasteiger charge is -2.18. The molecule has 0 unspecified atom stereocenters. The van der Waals surface area contributed by atoms with Gasteiger partial charge in [-0.1, -0.05) is 12.1 Å². The van der Waals surface area contributed by atoms with Crippen molar-refractivity contribution in [1.82, 2.24) is 4.98 Å². The summed E-state index contributed by atoms with van der Waals surface area (Å²) in [6.45, 7) is 5.83. The molecule has 1 aromatic carbocycles. The number of ether oxygens (including phenoxy) is 2. The predicted octanol–water partition coefficient (Wildman–Crippen LogP) is 3.64. The lowest BCUT2D eigenvalue weighted by atomic mass is 10.0. The molecular formula is C17H19NO3. The summed E-state index contributed by atoms with van der Waals surface area (Å²) in [5.41, 5.74) is 1.71. The Morgan fingerprint density at radius 1 is 1.29 bits per heavy atom. The average molecular weight is 285 g/mol. The molecular weight excluding hydrogens is 266 g/mol. The summed E-state index contributed by atoms with van der Waals surface area (Å²) in [6.07, 6.45) is 1.96. The first-order valence-corrected chi connectivity index (χ1v) is 7.07. The third-order valence-corrected chi connectivity index (χ3v) is 3.51. The number of rotatable bonds is 3. The number of aliphatic hydroxyl groups is 1. The number of aromatic nitrogens is 1. The van der Waals surface area contributed by atoms with Gasteiger partial charge in [0.2, 0.25) is 5.88 Å². The number of pyridine rings is 1. The Labute approximate surface area is 124 Å². The van der Waals surface area contributed by atoms with Crippen molar-refractivity contribution < 1.29 is 14.6 Å². The number of fused-ring (bicyclic) bond motifs is 1. The van der Waals surface area contributed by atoms with Gasteiger partial charge in [-0.05, 0) is 38.5 Å². The Balaban J connectivity index is 1.85. The van der Waals surface area contributed by atoms with Gasteiger partial charge in [-0.15, -0.1) is 0 Å². The largest absolute Gasteiger partial charge is 0.483 e. The molecule has 0 amide bonds. The van der Waals surface area contributed by atoms with Crippen molar-refractivity contribution in [3.05, 3.63) is 47.7 Å². The van der Waals surface area contributed by atoms with Crippen molar-refractivity contribution >= 4 is 0 Å². The second-order valence-electron chi connectivity index (χ2n) is 5.99. The highest BCUT2D eigenvalue weighted by molar-refractivity contribution is 5.51. The molecule has 1 aliphatic rings. The minimum Gasteiger partial charge on any atom is -0.483 e. The molecule has 3 rings (SSSR count). The van der Waals surface area contributed by atoms with Gasteiger partial charge in [0, 0.05) is 24.2 Å². The van der Waals surface area contributed by atoms with Crippen LogP contribution in [0.5, 0.6) is 17.4 Å². The number of nitrogens with zero attached hydrogens (tertiary/aromatic N) is 1. The molecule has 2 heterocycles. The Bertz CT molecular complexity index is 648. The Morgan fingerprint density at radius 3 is 2.76 bits per heavy atom. The standard InChI is InChI=1S/C17H19NO3/c1-11(19)13-7-8-15(18-10-13)20-14-6-4-5-12-9-17(2,3)21-16(12)14/h4-8,10-11,19H,9H2,1-3H3/t11-/m0/s1. The smallest absolute Gasteiger partial charge is 0.219 e. The fourth-order valence-electron chi connectivity index (χ4n) is 2.48. The lowest BCUT2D eigenvalue weighted by Crippen LogP contribution is -2.24. The number of para-hydroxylation sites is 1. The highest BCUT2D eigenvalue weighted by atomic mass is 16.5. The normalized spacial score (nSPS) is 17.0. The second kappa shape index (κ2) is 5.04. The Hall–Kier alpha value is -2.07. The molecule has 0 radical (unpaired) electrons. The van der Waals surface area contributed by atoms with Crippen molar-refractivity contribution in [2.45, 2.75) is 38.9 Å². The van der Waals surface area contributed by atoms with E-state index in [1.807, 2.05) is 12.1 Å². The van der Waals surface area contributed by atoms with Crippen molar-refractivity contribution in [2.75, 3.05) is 0 Å². The van der Waals surface area contributed by atoms with Crippen LogP contribution in [0.15, 0.2) is 36.5 Å². The van der Waals surface area contributed by atoms with Gasteiger partial charge in [0.05, 0.1) is 6.10 Å². The zero-order valence-corrected chi connectivity index (χ0v) is 12.5. The summed E-state index contributed by atoms with van der Waals surface area (Å²) in [5.74, 6) is 1.96. The minimum absolute atomic E-state index is 0.203. The van der Waals surface area contributed by atoms with E-state index in [0.29, 0.717) is 11.6 Å². The molecule has 21 heavy (non-hydrogen) atoms. The topological polar surface area (TPSA) is 51.6 Å². The molecule has 0 aliphatic carbocycles. The molecule has 0 bridgehead atoms. The van der Waals surface area contributed by atoms with Gasteiger partial charge >= 0.3 is 0 Å². The van der Waals surface area contributed by atoms with E-state index in [9.17, 15) is 5.11 Å². The Morgan fingerprint density at radius 2 is 2.10 bits per heavy atom. The average Bonchev–Trinajstić information content (AvgIpc) is 2.74. The quantitative estimate of drug-likeness (QED) is 0.935. The van der Waals surface area contributed by atoms with Crippen LogP contribution in [0.1, 0.15) is 38.0 Å². The SMILES string of the molecule is C[C@H](O)c1ccc(Oc2cccc3c2OC(C)(C)C3)nc1. The second-order valence-corrected chi connectivity index (χ2v) is 5.99. The molecule has 1 aliphatic heterocycles. The fraction of sp³-hybridized carbons (Fsp3) is 0.353.